The maximum Gasteiger partial charge on any atom is 0.178 e. The van der Waals surface area contributed by atoms with Gasteiger partial charge in [-0.1, -0.05) is 25.5 Å². The van der Waals surface area contributed by atoms with Crippen molar-refractivity contribution in [2.45, 2.75) is 58.2 Å². The van der Waals surface area contributed by atoms with Crippen molar-refractivity contribution >= 4 is 5.78 Å². The maximum atomic E-state index is 11.7. The molecule has 0 spiro atoms. The van der Waals surface area contributed by atoms with Gasteiger partial charge in [0, 0.05) is 5.41 Å². The maximum absolute atomic E-state index is 11.7. The zero-order chi connectivity index (χ0) is 15.7. The first-order valence-corrected chi connectivity index (χ1v) is 8.66. The van der Waals surface area contributed by atoms with E-state index in [1.165, 1.54) is 0 Å². The third-order valence-corrected chi connectivity index (χ3v) is 7.53. The van der Waals surface area contributed by atoms with Crippen molar-refractivity contribution in [1.82, 2.24) is 0 Å². The summed E-state index contributed by atoms with van der Waals surface area (Å²) in [5.41, 5.74) is 0.983. The van der Waals surface area contributed by atoms with Crippen LogP contribution in [-0.4, -0.2) is 28.2 Å². The Morgan fingerprint density at radius 2 is 1.91 bits per heavy atom. The average Bonchev–Trinajstić information content (AvgIpc) is 2.77. The lowest BCUT2D eigenvalue weighted by atomic mass is 9.47. The third-order valence-electron chi connectivity index (χ3n) is 7.53. The highest BCUT2D eigenvalue weighted by Gasteiger charge is 2.60. The number of aliphatic hydroxyl groups is 2. The summed E-state index contributed by atoms with van der Waals surface area (Å²) < 4.78 is 0. The predicted molar refractivity (Wildman–Crippen MR) is 84.0 cm³/mol. The van der Waals surface area contributed by atoms with Gasteiger partial charge in [-0.05, 0) is 67.4 Å². The molecule has 0 bridgehead atoms. The van der Waals surface area contributed by atoms with Gasteiger partial charge in [-0.3, -0.25) is 4.79 Å². The lowest BCUT2D eigenvalue weighted by Gasteiger charge is -2.58. The van der Waals surface area contributed by atoms with Gasteiger partial charge in [0.1, 0.15) is 0 Å². The van der Waals surface area contributed by atoms with E-state index in [9.17, 15) is 15.0 Å². The largest absolute Gasteiger partial charge is 0.393 e. The average molecular weight is 302 g/mol. The predicted octanol–water partition coefficient (Wildman–Crippen LogP) is 2.63. The molecule has 0 aromatic heterocycles. The molecule has 4 rings (SSSR count). The standard InChI is InChI=1S/C19H26O3/c1-18-7-5-12(20)9-11(18)10-15(21)17-13-3-4-16(22)19(13,2)8-6-14(17)18/h5,7,9,13-17,21-22H,3-4,6,8,10H2,1-2H3. The van der Waals surface area contributed by atoms with E-state index in [1.807, 2.05) is 0 Å². The Balaban J connectivity index is 1.75. The third kappa shape index (κ3) is 1.73. The van der Waals surface area contributed by atoms with Crippen molar-refractivity contribution in [2.75, 3.05) is 0 Å². The molecule has 4 aliphatic carbocycles. The van der Waals surface area contributed by atoms with Crippen molar-refractivity contribution < 1.29 is 15.0 Å². The highest BCUT2D eigenvalue weighted by Crippen LogP contribution is 2.64. The van der Waals surface area contributed by atoms with Crippen LogP contribution in [0.1, 0.15) is 46.0 Å². The number of carbonyl (C=O) groups excluding carboxylic acids is 1. The molecule has 4 aliphatic rings. The van der Waals surface area contributed by atoms with Gasteiger partial charge in [0.15, 0.2) is 5.78 Å². The molecule has 0 saturated heterocycles. The van der Waals surface area contributed by atoms with Crippen LogP contribution >= 0.6 is 0 Å². The fourth-order valence-corrected chi connectivity index (χ4v) is 6.14. The van der Waals surface area contributed by atoms with E-state index >= 15 is 0 Å². The smallest absolute Gasteiger partial charge is 0.178 e. The molecule has 0 aliphatic heterocycles. The quantitative estimate of drug-likeness (QED) is 0.723. The van der Waals surface area contributed by atoms with Crippen molar-refractivity contribution in [1.29, 1.82) is 0 Å². The van der Waals surface area contributed by atoms with Crippen LogP contribution in [-0.2, 0) is 4.79 Å². The Kier molecular flexibility index (Phi) is 3.03. The Labute approximate surface area is 132 Å². The molecule has 3 nitrogen and oxygen atoms in total. The molecule has 0 aromatic carbocycles. The lowest BCUT2D eigenvalue weighted by Crippen LogP contribution is -2.55. The summed E-state index contributed by atoms with van der Waals surface area (Å²) in [7, 11) is 0. The summed E-state index contributed by atoms with van der Waals surface area (Å²) in [6, 6.07) is 0. The highest BCUT2D eigenvalue weighted by atomic mass is 16.3. The number of hydrogen-bond donors (Lipinski definition) is 2. The van der Waals surface area contributed by atoms with E-state index in [0.717, 1.165) is 31.3 Å². The zero-order valence-corrected chi connectivity index (χ0v) is 13.5. The van der Waals surface area contributed by atoms with Gasteiger partial charge >= 0.3 is 0 Å². The van der Waals surface area contributed by atoms with Crippen molar-refractivity contribution in [2.24, 2.45) is 28.6 Å². The second-order valence-electron chi connectivity index (χ2n) is 8.39. The van der Waals surface area contributed by atoms with E-state index in [4.69, 9.17) is 0 Å². The summed E-state index contributed by atoms with van der Waals surface area (Å²) >= 11 is 0. The number of fused-ring (bicyclic) bond motifs is 5. The number of ketones is 1. The molecule has 0 radical (unpaired) electrons. The van der Waals surface area contributed by atoms with E-state index in [2.05, 4.69) is 19.9 Å². The van der Waals surface area contributed by atoms with Crippen LogP contribution in [0.2, 0.25) is 0 Å². The van der Waals surface area contributed by atoms with Crippen LogP contribution in [0.15, 0.2) is 23.8 Å². The van der Waals surface area contributed by atoms with Crippen molar-refractivity contribution in [3.8, 4) is 0 Å². The number of rotatable bonds is 0. The molecule has 0 aromatic rings. The van der Waals surface area contributed by atoms with E-state index in [1.54, 1.807) is 12.2 Å². The molecule has 7 atom stereocenters. The van der Waals surface area contributed by atoms with Crippen LogP contribution in [0.3, 0.4) is 0 Å². The fraction of sp³-hybridized carbons (Fsp3) is 0.737. The van der Waals surface area contributed by atoms with Crippen molar-refractivity contribution in [3.05, 3.63) is 23.8 Å². The Morgan fingerprint density at radius 1 is 1.14 bits per heavy atom. The van der Waals surface area contributed by atoms with Crippen LogP contribution < -0.4 is 0 Å². The summed E-state index contributed by atoms with van der Waals surface area (Å²) in [4.78, 5) is 11.7. The molecule has 22 heavy (non-hydrogen) atoms. The molecular weight excluding hydrogens is 276 g/mol. The minimum absolute atomic E-state index is 0.0338. The van der Waals surface area contributed by atoms with Gasteiger partial charge in [0.05, 0.1) is 12.2 Å². The van der Waals surface area contributed by atoms with Gasteiger partial charge in [-0.15, -0.1) is 0 Å². The minimum Gasteiger partial charge on any atom is -0.393 e. The first kappa shape index (κ1) is 14.6. The topological polar surface area (TPSA) is 57.5 Å². The SMILES string of the molecule is CC12C=CC(=O)C=C1CC(O)C1C2CCC2(C)C(O)CCC12. The van der Waals surface area contributed by atoms with Crippen LogP contribution in [0.4, 0.5) is 0 Å². The summed E-state index contributed by atoms with van der Waals surface area (Å²) in [5.74, 6) is 1.09. The first-order valence-electron chi connectivity index (χ1n) is 8.66. The number of allylic oxidation sites excluding steroid dienone is 3. The van der Waals surface area contributed by atoms with E-state index in [0.29, 0.717) is 18.3 Å². The van der Waals surface area contributed by atoms with Crippen LogP contribution in [0.5, 0.6) is 0 Å². The Morgan fingerprint density at radius 3 is 2.68 bits per heavy atom. The van der Waals surface area contributed by atoms with Crippen LogP contribution in [0.25, 0.3) is 0 Å². The monoisotopic (exact) mass is 302 g/mol. The lowest BCUT2D eigenvalue weighted by molar-refractivity contribution is -0.114. The van der Waals surface area contributed by atoms with Gasteiger partial charge in [-0.25, -0.2) is 0 Å². The Bertz CT molecular complexity index is 577. The number of hydrogen-bond acceptors (Lipinski definition) is 3. The molecule has 0 heterocycles. The van der Waals surface area contributed by atoms with Crippen molar-refractivity contribution in [3.63, 3.8) is 0 Å². The first-order chi connectivity index (χ1) is 10.4. The van der Waals surface area contributed by atoms with Gasteiger partial charge in [0.25, 0.3) is 0 Å². The van der Waals surface area contributed by atoms with Gasteiger partial charge in [0.2, 0.25) is 0 Å². The molecule has 0 amide bonds. The molecule has 3 saturated carbocycles. The van der Waals surface area contributed by atoms with E-state index < -0.39 is 0 Å². The van der Waals surface area contributed by atoms with E-state index in [-0.39, 0.29) is 34.7 Å². The highest BCUT2D eigenvalue weighted by molar-refractivity contribution is 6.01. The fourth-order valence-electron chi connectivity index (χ4n) is 6.14. The normalized spacial score (nSPS) is 53.5. The minimum atomic E-state index is -0.376. The second kappa shape index (κ2) is 4.55. The number of aliphatic hydroxyl groups excluding tert-OH is 2. The molecular formula is C19H26O3. The van der Waals surface area contributed by atoms with Gasteiger partial charge in [-0.2, -0.15) is 0 Å². The Hall–Kier alpha value is -0.930. The molecule has 3 fully saturated rings. The second-order valence-corrected chi connectivity index (χ2v) is 8.39. The molecule has 3 heteroatoms. The number of carbonyl (C=O) groups is 1. The molecule has 120 valence electrons. The molecule has 2 N–H and O–H groups in total. The summed E-state index contributed by atoms with van der Waals surface area (Å²) in [5, 5.41) is 21.3. The summed E-state index contributed by atoms with van der Waals surface area (Å²) in [6.45, 7) is 4.45. The zero-order valence-electron chi connectivity index (χ0n) is 13.5. The van der Waals surface area contributed by atoms with Gasteiger partial charge < -0.3 is 10.2 Å². The summed E-state index contributed by atoms with van der Waals surface area (Å²) in [6.07, 6.45) is 9.48. The van der Waals surface area contributed by atoms with Crippen LogP contribution in [0, 0.1) is 28.6 Å². The molecule has 7 unspecified atom stereocenters.